The Hall–Kier alpha value is -0.580. The second-order valence-electron chi connectivity index (χ2n) is 4.08. The Morgan fingerprint density at radius 1 is 1.59 bits per heavy atom. The van der Waals surface area contributed by atoms with Crippen LogP contribution in [0, 0.1) is 0 Å². The van der Waals surface area contributed by atoms with Gasteiger partial charge in [0.25, 0.3) is 0 Å². The molecule has 1 aromatic rings. The quantitative estimate of drug-likeness (QED) is 0.730. The maximum atomic E-state index is 6.21. The summed E-state index contributed by atoms with van der Waals surface area (Å²) in [5, 5.41) is 8.36. The van der Waals surface area contributed by atoms with E-state index < -0.39 is 0 Å². The van der Waals surface area contributed by atoms with Crippen molar-refractivity contribution in [2.45, 2.75) is 38.8 Å². The lowest BCUT2D eigenvalue weighted by atomic mass is 10.1. The van der Waals surface area contributed by atoms with Crippen molar-refractivity contribution in [3.8, 4) is 0 Å². The van der Waals surface area contributed by atoms with Gasteiger partial charge in [-0.2, -0.15) is 5.10 Å². The van der Waals surface area contributed by atoms with E-state index in [0.29, 0.717) is 0 Å². The van der Waals surface area contributed by atoms with Crippen molar-refractivity contribution in [1.82, 2.24) is 15.1 Å². The summed E-state index contributed by atoms with van der Waals surface area (Å²) in [6.45, 7) is 3.82. The number of hydrogen-bond donors (Lipinski definition) is 1. The van der Waals surface area contributed by atoms with Gasteiger partial charge in [0.1, 0.15) is 0 Å². The molecule has 1 rings (SSSR count). The van der Waals surface area contributed by atoms with Gasteiger partial charge in [0.2, 0.25) is 0 Å². The zero-order chi connectivity index (χ0) is 12.7. The molecule has 5 heteroatoms. The Balaban J connectivity index is 2.75. The number of halogens is 1. The zero-order valence-corrected chi connectivity index (χ0v) is 11.6. The fourth-order valence-corrected chi connectivity index (χ4v) is 2.23. The van der Waals surface area contributed by atoms with Crippen LogP contribution in [-0.2, 0) is 11.3 Å². The summed E-state index contributed by atoms with van der Waals surface area (Å²) < 4.78 is 7.08. The van der Waals surface area contributed by atoms with E-state index in [0.717, 1.165) is 43.1 Å². The molecule has 0 aliphatic heterocycles. The van der Waals surface area contributed by atoms with Crippen molar-refractivity contribution in [3.63, 3.8) is 0 Å². The molecule has 0 radical (unpaired) electrons. The normalized spacial score (nSPS) is 12.9. The van der Waals surface area contributed by atoms with Crippen molar-refractivity contribution in [1.29, 1.82) is 0 Å². The van der Waals surface area contributed by atoms with Crippen LogP contribution in [0.3, 0.4) is 0 Å². The minimum Gasteiger partial charge on any atom is -0.385 e. The highest BCUT2D eigenvalue weighted by Crippen LogP contribution is 2.26. The second-order valence-corrected chi connectivity index (χ2v) is 4.48. The van der Waals surface area contributed by atoms with Gasteiger partial charge in [-0.15, -0.1) is 0 Å². The fourth-order valence-electron chi connectivity index (χ4n) is 1.96. The number of hydrogen-bond acceptors (Lipinski definition) is 3. The Morgan fingerprint density at radius 3 is 2.94 bits per heavy atom. The van der Waals surface area contributed by atoms with E-state index in [2.05, 4.69) is 17.3 Å². The minimum absolute atomic E-state index is 0.242. The number of ether oxygens (including phenoxy) is 1. The number of aromatic nitrogens is 2. The molecule has 0 saturated heterocycles. The highest BCUT2D eigenvalue weighted by Gasteiger charge is 2.18. The first kappa shape index (κ1) is 14.5. The smallest absolute Gasteiger partial charge is 0.0834 e. The topological polar surface area (TPSA) is 39.1 Å². The van der Waals surface area contributed by atoms with Crippen molar-refractivity contribution >= 4 is 11.6 Å². The maximum absolute atomic E-state index is 6.21. The van der Waals surface area contributed by atoms with Crippen LogP contribution < -0.4 is 5.32 Å². The summed E-state index contributed by atoms with van der Waals surface area (Å²) in [6.07, 6.45) is 4.79. The number of rotatable bonds is 8. The molecule has 0 saturated carbocycles. The molecule has 98 valence electrons. The standard InChI is InChI=1S/C12H22ClN3O/c1-4-7-16-12(10(13)9-15-16)11(14-2)6-5-8-17-3/h9,11,14H,4-8H2,1-3H3. The van der Waals surface area contributed by atoms with E-state index in [4.69, 9.17) is 16.3 Å². The minimum atomic E-state index is 0.242. The van der Waals surface area contributed by atoms with E-state index in [9.17, 15) is 0 Å². The van der Waals surface area contributed by atoms with Gasteiger partial charge < -0.3 is 10.1 Å². The Labute approximate surface area is 108 Å². The van der Waals surface area contributed by atoms with Gasteiger partial charge in [0.15, 0.2) is 0 Å². The molecule has 1 unspecified atom stereocenters. The summed E-state index contributed by atoms with van der Waals surface area (Å²) in [6, 6.07) is 0.242. The van der Waals surface area contributed by atoms with Gasteiger partial charge in [-0.25, -0.2) is 0 Å². The fraction of sp³-hybridized carbons (Fsp3) is 0.750. The molecule has 0 spiro atoms. The third-order valence-corrected chi connectivity index (χ3v) is 3.08. The first-order chi connectivity index (χ1) is 8.24. The van der Waals surface area contributed by atoms with Crippen LogP contribution in [-0.4, -0.2) is 30.5 Å². The van der Waals surface area contributed by atoms with Gasteiger partial charge in [-0.1, -0.05) is 18.5 Å². The lowest BCUT2D eigenvalue weighted by Gasteiger charge is -2.18. The van der Waals surface area contributed by atoms with Crippen LogP contribution in [0.1, 0.15) is 37.9 Å². The summed E-state index contributed by atoms with van der Waals surface area (Å²) in [7, 11) is 3.68. The third kappa shape index (κ3) is 3.98. The van der Waals surface area contributed by atoms with E-state index in [-0.39, 0.29) is 6.04 Å². The van der Waals surface area contributed by atoms with E-state index in [1.807, 2.05) is 11.7 Å². The van der Waals surface area contributed by atoms with Crippen molar-refractivity contribution < 1.29 is 4.74 Å². The number of nitrogens with zero attached hydrogens (tertiary/aromatic N) is 2. The van der Waals surface area contributed by atoms with E-state index in [1.54, 1.807) is 13.3 Å². The van der Waals surface area contributed by atoms with Crippen molar-refractivity contribution in [2.75, 3.05) is 20.8 Å². The molecule has 0 fully saturated rings. The lowest BCUT2D eigenvalue weighted by molar-refractivity contribution is 0.188. The molecular formula is C12H22ClN3O. The van der Waals surface area contributed by atoms with Crippen LogP contribution in [0.2, 0.25) is 5.02 Å². The Bertz CT molecular complexity index is 328. The van der Waals surface area contributed by atoms with Gasteiger partial charge in [0, 0.05) is 20.3 Å². The van der Waals surface area contributed by atoms with E-state index in [1.165, 1.54) is 0 Å². The highest BCUT2D eigenvalue weighted by atomic mass is 35.5. The SMILES string of the molecule is CCCn1ncc(Cl)c1C(CCCOC)NC. The van der Waals surface area contributed by atoms with Gasteiger partial charge in [-0.05, 0) is 26.3 Å². The third-order valence-electron chi connectivity index (χ3n) is 2.79. The summed E-state index contributed by atoms with van der Waals surface area (Å²) in [5.41, 5.74) is 1.09. The maximum Gasteiger partial charge on any atom is 0.0834 e. The number of nitrogens with one attached hydrogen (secondary N) is 1. The molecule has 1 heterocycles. The Morgan fingerprint density at radius 2 is 2.35 bits per heavy atom. The molecule has 1 aromatic heterocycles. The van der Waals surface area contributed by atoms with Crippen LogP contribution in [0.5, 0.6) is 0 Å². The molecule has 17 heavy (non-hydrogen) atoms. The molecule has 1 atom stereocenters. The average molecular weight is 260 g/mol. The molecule has 1 N–H and O–H groups in total. The predicted octanol–water partition coefficient (Wildman–Crippen LogP) is 2.63. The van der Waals surface area contributed by atoms with Crippen LogP contribution in [0.25, 0.3) is 0 Å². The first-order valence-corrected chi connectivity index (χ1v) is 6.49. The summed E-state index contributed by atoms with van der Waals surface area (Å²) >= 11 is 6.21. The number of methoxy groups -OCH3 is 1. The molecule has 0 aliphatic carbocycles. The largest absolute Gasteiger partial charge is 0.385 e. The lowest BCUT2D eigenvalue weighted by Crippen LogP contribution is -2.21. The van der Waals surface area contributed by atoms with Crippen LogP contribution in [0.4, 0.5) is 0 Å². The van der Waals surface area contributed by atoms with Gasteiger partial charge in [0.05, 0.1) is 23.0 Å². The van der Waals surface area contributed by atoms with Crippen molar-refractivity contribution in [2.24, 2.45) is 0 Å². The molecule has 0 bridgehead atoms. The van der Waals surface area contributed by atoms with Crippen molar-refractivity contribution in [3.05, 3.63) is 16.9 Å². The van der Waals surface area contributed by atoms with Crippen LogP contribution in [0.15, 0.2) is 6.20 Å². The molecule has 4 nitrogen and oxygen atoms in total. The zero-order valence-electron chi connectivity index (χ0n) is 10.9. The van der Waals surface area contributed by atoms with Crippen LogP contribution >= 0.6 is 11.6 Å². The first-order valence-electron chi connectivity index (χ1n) is 6.12. The number of aryl methyl sites for hydroxylation is 1. The Kier molecular flexibility index (Phi) is 6.55. The molecule has 0 aliphatic rings. The molecule has 0 amide bonds. The second kappa shape index (κ2) is 7.69. The summed E-state index contributed by atoms with van der Waals surface area (Å²) in [5.74, 6) is 0. The average Bonchev–Trinajstić information content (AvgIpc) is 2.68. The van der Waals surface area contributed by atoms with Gasteiger partial charge in [-0.3, -0.25) is 4.68 Å². The highest BCUT2D eigenvalue weighted by molar-refractivity contribution is 6.31. The monoisotopic (exact) mass is 259 g/mol. The van der Waals surface area contributed by atoms with E-state index >= 15 is 0 Å². The molecular weight excluding hydrogens is 238 g/mol. The molecule has 0 aromatic carbocycles. The summed E-state index contributed by atoms with van der Waals surface area (Å²) in [4.78, 5) is 0. The van der Waals surface area contributed by atoms with Gasteiger partial charge >= 0.3 is 0 Å². The predicted molar refractivity (Wildman–Crippen MR) is 70.4 cm³/mol.